The smallest absolute Gasteiger partial charge is 0.243 e. The molecule has 0 bridgehead atoms. The van der Waals surface area contributed by atoms with Crippen LogP contribution in [0.2, 0.25) is 0 Å². The Morgan fingerprint density at radius 3 is 2.92 bits per heavy atom. The lowest BCUT2D eigenvalue weighted by Gasteiger charge is -2.37. The number of sulfonamides is 1. The number of para-hydroxylation sites is 1. The van der Waals surface area contributed by atoms with Gasteiger partial charge in [-0.3, -0.25) is 9.58 Å². The van der Waals surface area contributed by atoms with Crippen LogP contribution in [0.3, 0.4) is 0 Å². The standard InChI is InChI=1S/C17H25N5O3S/c1-21-13-14(11-19-21)26(23,24)20-8-10-22-9-7-18-12-16(22)15-5-3-4-6-17(15)25-2/h3-6,11,13,16,18,20H,7-10,12H2,1-2H3. The van der Waals surface area contributed by atoms with Crippen LogP contribution < -0.4 is 14.8 Å². The summed E-state index contributed by atoms with van der Waals surface area (Å²) < 4.78 is 34.3. The number of benzene rings is 1. The highest BCUT2D eigenvalue weighted by atomic mass is 32.2. The van der Waals surface area contributed by atoms with Gasteiger partial charge in [-0.2, -0.15) is 5.10 Å². The molecule has 0 spiro atoms. The van der Waals surface area contributed by atoms with E-state index in [0.29, 0.717) is 13.1 Å². The van der Waals surface area contributed by atoms with Gasteiger partial charge in [0.1, 0.15) is 10.6 Å². The first kappa shape index (κ1) is 18.8. The number of ether oxygens (including phenoxy) is 1. The first-order valence-corrected chi connectivity index (χ1v) is 10.1. The summed E-state index contributed by atoms with van der Waals surface area (Å²) >= 11 is 0. The van der Waals surface area contributed by atoms with Crippen LogP contribution in [0.25, 0.3) is 0 Å². The highest BCUT2D eigenvalue weighted by molar-refractivity contribution is 7.89. The summed E-state index contributed by atoms with van der Waals surface area (Å²) in [5.74, 6) is 0.849. The summed E-state index contributed by atoms with van der Waals surface area (Å²) in [4.78, 5) is 2.46. The molecule has 0 radical (unpaired) electrons. The van der Waals surface area contributed by atoms with Crippen molar-refractivity contribution in [2.45, 2.75) is 10.9 Å². The Bertz CT molecular complexity index is 836. The maximum atomic E-state index is 12.3. The second-order valence-corrected chi connectivity index (χ2v) is 8.01. The zero-order valence-electron chi connectivity index (χ0n) is 15.1. The Hall–Kier alpha value is -1.94. The Morgan fingerprint density at radius 1 is 1.38 bits per heavy atom. The maximum absolute atomic E-state index is 12.3. The number of rotatable bonds is 7. The molecule has 8 nitrogen and oxygen atoms in total. The topological polar surface area (TPSA) is 88.5 Å². The van der Waals surface area contributed by atoms with Gasteiger partial charge in [0.25, 0.3) is 0 Å². The van der Waals surface area contributed by atoms with E-state index >= 15 is 0 Å². The van der Waals surface area contributed by atoms with E-state index in [9.17, 15) is 8.42 Å². The lowest BCUT2D eigenvalue weighted by atomic mass is 10.0. The van der Waals surface area contributed by atoms with Crippen LogP contribution in [-0.4, -0.2) is 62.9 Å². The summed E-state index contributed by atoms with van der Waals surface area (Å²) in [7, 11) is -0.175. The van der Waals surface area contributed by atoms with E-state index in [-0.39, 0.29) is 10.9 Å². The fraction of sp³-hybridized carbons (Fsp3) is 0.471. The van der Waals surface area contributed by atoms with Crippen molar-refractivity contribution in [1.29, 1.82) is 0 Å². The minimum atomic E-state index is -3.54. The average molecular weight is 379 g/mol. The molecule has 1 atom stereocenters. The molecule has 1 fully saturated rings. The molecule has 1 saturated heterocycles. The van der Waals surface area contributed by atoms with Gasteiger partial charge in [-0.1, -0.05) is 18.2 Å². The Morgan fingerprint density at radius 2 is 2.19 bits per heavy atom. The van der Waals surface area contributed by atoms with Gasteiger partial charge >= 0.3 is 0 Å². The number of aromatic nitrogens is 2. The number of aryl methyl sites for hydroxylation is 1. The number of nitrogens with one attached hydrogen (secondary N) is 2. The number of hydrogen-bond donors (Lipinski definition) is 2. The van der Waals surface area contributed by atoms with Crippen molar-refractivity contribution in [3.8, 4) is 5.75 Å². The molecule has 9 heteroatoms. The number of hydrogen-bond acceptors (Lipinski definition) is 6. The molecule has 2 heterocycles. The Kier molecular flexibility index (Phi) is 5.92. The second kappa shape index (κ2) is 8.17. The number of piperazine rings is 1. The summed E-state index contributed by atoms with van der Waals surface area (Å²) in [5, 5.41) is 7.32. The third-order valence-electron chi connectivity index (χ3n) is 4.53. The van der Waals surface area contributed by atoms with Crippen LogP contribution in [0, 0.1) is 0 Å². The summed E-state index contributed by atoms with van der Waals surface area (Å²) in [5.41, 5.74) is 1.11. The molecule has 0 aliphatic carbocycles. The number of methoxy groups -OCH3 is 1. The van der Waals surface area contributed by atoms with Crippen LogP contribution in [0.5, 0.6) is 5.75 Å². The van der Waals surface area contributed by atoms with Crippen molar-refractivity contribution < 1.29 is 13.2 Å². The second-order valence-electron chi connectivity index (χ2n) is 6.25. The predicted octanol–water partition coefficient (Wildman–Crippen LogP) is 0.354. The fourth-order valence-corrected chi connectivity index (χ4v) is 4.21. The first-order valence-electron chi connectivity index (χ1n) is 8.57. The monoisotopic (exact) mass is 379 g/mol. The average Bonchev–Trinajstić information content (AvgIpc) is 3.09. The third-order valence-corrected chi connectivity index (χ3v) is 5.95. The van der Waals surface area contributed by atoms with Gasteiger partial charge in [-0.05, 0) is 6.07 Å². The molecule has 1 aliphatic rings. The predicted molar refractivity (Wildman–Crippen MR) is 98.6 cm³/mol. The molecule has 1 aromatic carbocycles. The van der Waals surface area contributed by atoms with Crippen molar-refractivity contribution in [1.82, 2.24) is 24.7 Å². The molecule has 1 aromatic heterocycles. The zero-order chi connectivity index (χ0) is 18.6. The SMILES string of the molecule is COc1ccccc1C1CNCCN1CCNS(=O)(=O)c1cnn(C)c1. The van der Waals surface area contributed by atoms with Gasteiger partial charge in [0, 0.05) is 51.5 Å². The molecule has 0 saturated carbocycles. The molecule has 2 aromatic rings. The van der Waals surface area contributed by atoms with E-state index < -0.39 is 10.0 Å². The minimum absolute atomic E-state index is 0.141. The van der Waals surface area contributed by atoms with E-state index in [2.05, 4.69) is 26.1 Å². The van der Waals surface area contributed by atoms with E-state index in [1.54, 1.807) is 14.2 Å². The van der Waals surface area contributed by atoms with Crippen molar-refractivity contribution >= 4 is 10.0 Å². The van der Waals surface area contributed by atoms with Crippen molar-refractivity contribution in [3.05, 3.63) is 42.2 Å². The first-order chi connectivity index (χ1) is 12.5. The Balaban J connectivity index is 1.66. The van der Waals surface area contributed by atoms with E-state index in [4.69, 9.17) is 4.74 Å². The Labute approximate surface area is 154 Å². The van der Waals surface area contributed by atoms with Crippen LogP contribution in [0.4, 0.5) is 0 Å². The van der Waals surface area contributed by atoms with Crippen molar-refractivity contribution in [3.63, 3.8) is 0 Å². The highest BCUT2D eigenvalue weighted by Crippen LogP contribution is 2.29. The minimum Gasteiger partial charge on any atom is -0.496 e. The highest BCUT2D eigenvalue weighted by Gasteiger charge is 2.26. The molecule has 2 N–H and O–H groups in total. The summed E-state index contributed by atoms with van der Waals surface area (Å²) in [6.07, 6.45) is 2.84. The van der Waals surface area contributed by atoms with E-state index in [1.165, 1.54) is 17.1 Å². The molecule has 142 valence electrons. The summed E-state index contributed by atoms with van der Waals surface area (Å²) in [6.45, 7) is 3.47. The quantitative estimate of drug-likeness (QED) is 0.722. The molecule has 1 aliphatic heterocycles. The van der Waals surface area contributed by atoms with Gasteiger partial charge in [-0.15, -0.1) is 0 Å². The maximum Gasteiger partial charge on any atom is 0.243 e. The molecule has 26 heavy (non-hydrogen) atoms. The third kappa shape index (κ3) is 4.24. The van der Waals surface area contributed by atoms with E-state index in [1.807, 2.05) is 18.2 Å². The van der Waals surface area contributed by atoms with Gasteiger partial charge in [0.15, 0.2) is 0 Å². The lowest BCUT2D eigenvalue weighted by Crippen LogP contribution is -2.48. The zero-order valence-corrected chi connectivity index (χ0v) is 15.9. The van der Waals surface area contributed by atoms with Gasteiger partial charge in [-0.25, -0.2) is 13.1 Å². The summed E-state index contributed by atoms with van der Waals surface area (Å²) in [6, 6.07) is 8.10. The largest absolute Gasteiger partial charge is 0.496 e. The van der Waals surface area contributed by atoms with Crippen LogP contribution >= 0.6 is 0 Å². The molecular formula is C17H25N5O3S. The van der Waals surface area contributed by atoms with Gasteiger partial charge < -0.3 is 10.1 Å². The molecule has 3 rings (SSSR count). The molecular weight excluding hydrogens is 354 g/mol. The fourth-order valence-electron chi connectivity index (χ4n) is 3.21. The van der Waals surface area contributed by atoms with Crippen LogP contribution in [-0.2, 0) is 17.1 Å². The van der Waals surface area contributed by atoms with Crippen molar-refractivity contribution in [2.24, 2.45) is 7.05 Å². The lowest BCUT2D eigenvalue weighted by molar-refractivity contribution is 0.162. The van der Waals surface area contributed by atoms with Gasteiger partial charge in [0.2, 0.25) is 10.0 Å². The normalized spacial score (nSPS) is 18.8. The number of nitrogens with zero attached hydrogens (tertiary/aromatic N) is 3. The van der Waals surface area contributed by atoms with Crippen LogP contribution in [0.1, 0.15) is 11.6 Å². The van der Waals surface area contributed by atoms with Gasteiger partial charge in [0.05, 0.1) is 19.3 Å². The van der Waals surface area contributed by atoms with E-state index in [0.717, 1.165) is 30.9 Å². The molecule has 0 amide bonds. The van der Waals surface area contributed by atoms with Crippen LogP contribution in [0.15, 0.2) is 41.6 Å². The van der Waals surface area contributed by atoms with Crippen molar-refractivity contribution in [2.75, 3.05) is 39.8 Å². The molecule has 1 unspecified atom stereocenters.